The van der Waals surface area contributed by atoms with Gasteiger partial charge < -0.3 is 4.42 Å². The maximum absolute atomic E-state index is 13.0. The van der Waals surface area contributed by atoms with E-state index in [0.717, 1.165) is 15.8 Å². The Balaban J connectivity index is 1.91. The van der Waals surface area contributed by atoms with Gasteiger partial charge in [-0.3, -0.25) is 0 Å². The molecule has 0 saturated heterocycles. The molecule has 0 bridgehead atoms. The molecule has 0 radical (unpaired) electrons. The van der Waals surface area contributed by atoms with E-state index < -0.39 is 0 Å². The number of hydrogen-bond acceptors (Lipinski definition) is 2. The summed E-state index contributed by atoms with van der Waals surface area (Å²) in [5.41, 5.74) is 2.02. The second-order valence-electron chi connectivity index (χ2n) is 4.89. The van der Waals surface area contributed by atoms with Gasteiger partial charge in [0, 0.05) is 10.0 Å². The first-order valence-electron chi connectivity index (χ1n) is 6.89. The van der Waals surface area contributed by atoms with E-state index in [0.29, 0.717) is 16.9 Å². The lowest BCUT2D eigenvalue weighted by Gasteiger charge is -1.99. The van der Waals surface area contributed by atoms with Gasteiger partial charge in [0.05, 0.1) is 11.6 Å². The van der Waals surface area contributed by atoms with Crippen molar-refractivity contribution in [3.05, 3.63) is 82.3 Å². The summed E-state index contributed by atoms with van der Waals surface area (Å²) >= 11 is 3.39. The average Bonchev–Trinajstić information content (AvgIpc) is 3.03. The fourth-order valence-electron chi connectivity index (χ4n) is 2.15. The van der Waals surface area contributed by atoms with Gasteiger partial charge in [0.1, 0.15) is 17.3 Å². The predicted molar refractivity (Wildman–Crippen MR) is 91.7 cm³/mol. The van der Waals surface area contributed by atoms with E-state index in [1.165, 1.54) is 12.1 Å². The zero-order valence-electron chi connectivity index (χ0n) is 12.0. The van der Waals surface area contributed by atoms with E-state index in [-0.39, 0.29) is 5.82 Å². The van der Waals surface area contributed by atoms with Crippen LogP contribution in [0.1, 0.15) is 11.3 Å². The summed E-state index contributed by atoms with van der Waals surface area (Å²) in [6, 6.07) is 19.3. The molecule has 4 heteroatoms. The normalized spacial score (nSPS) is 11.3. The van der Waals surface area contributed by atoms with Gasteiger partial charge in [-0.1, -0.05) is 40.2 Å². The van der Waals surface area contributed by atoms with Crippen LogP contribution in [0.5, 0.6) is 0 Å². The monoisotopic (exact) mass is 367 g/mol. The van der Waals surface area contributed by atoms with Gasteiger partial charge in [-0.25, -0.2) is 4.39 Å². The highest BCUT2D eigenvalue weighted by Gasteiger charge is 2.06. The number of benzene rings is 2. The number of allylic oxidation sites excluding steroid dienone is 1. The molecule has 0 aliphatic rings. The van der Waals surface area contributed by atoms with E-state index in [1.807, 2.05) is 30.3 Å². The molecule has 0 fully saturated rings. The highest BCUT2D eigenvalue weighted by molar-refractivity contribution is 9.10. The summed E-state index contributed by atoms with van der Waals surface area (Å²) in [5, 5.41) is 9.31. The van der Waals surface area contributed by atoms with Crippen LogP contribution in [0.4, 0.5) is 4.39 Å². The molecule has 0 amide bonds. The molecule has 2 nitrogen and oxygen atoms in total. The van der Waals surface area contributed by atoms with Crippen molar-refractivity contribution >= 4 is 27.6 Å². The lowest BCUT2D eigenvalue weighted by atomic mass is 10.1. The maximum Gasteiger partial charge on any atom is 0.134 e. The van der Waals surface area contributed by atoms with E-state index in [1.54, 1.807) is 24.3 Å². The van der Waals surface area contributed by atoms with Crippen LogP contribution in [-0.2, 0) is 0 Å². The van der Waals surface area contributed by atoms with Crippen molar-refractivity contribution in [1.29, 1.82) is 5.26 Å². The van der Waals surface area contributed by atoms with E-state index >= 15 is 0 Å². The molecule has 0 saturated carbocycles. The van der Waals surface area contributed by atoms with Gasteiger partial charge in [0.25, 0.3) is 0 Å². The third-order valence-corrected chi connectivity index (χ3v) is 3.85. The van der Waals surface area contributed by atoms with Crippen LogP contribution in [0.25, 0.3) is 23.0 Å². The van der Waals surface area contributed by atoms with Crippen LogP contribution < -0.4 is 0 Å². The second kappa shape index (κ2) is 6.64. The third kappa shape index (κ3) is 3.58. The minimum Gasteiger partial charge on any atom is -0.457 e. The van der Waals surface area contributed by atoms with Crippen molar-refractivity contribution < 1.29 is 8.81 Å². The number of nitriles is 1. The number of rotatable bonds is 3. The number of furan rings is 1. The number of hydrogen-bond donors (Lipinski definition) is 0. The van der Waals surface area contributed by atoms with Gasteiger partial charge >= 0.3 is 0 Å². The average molecular weight is 368 g/mol. The first-order chi connectivity index (χ1) is 11.2. The van der Waals surface area contributed by atoms with E-state index in [2.05, 4.69) is 22.0 Å². The fraction of sp³-hybridized carbons (Fsp3) is 0. The molecular weight excluding hydrogens is 357 g/mol. The van der Waals surface area contributed by atoms with Gasteiger partial charge in [-0.05, 0) is 48.0 Å². The maximum atomic E-state index is 13.0. The van der Waals surface area contributed by atoms with E-state index in [9.17, 15) is 9.65 Å². The molecule has 0 atom stereocenters. The van der Waals surface area contributed by atoms with Gasteiger partial charge in [0.2, 0.25) is 0 Å². The van der Waals surface area contributed by atoms with Crippen LogP contribution >= 0.6 is 15.9 Å². The summed E-state index contributed by atoms with van der Waals surface area (Å²) in [7, 11) is 0. The van der Waals surface area contributed by atoms with Crippen molar-refractivity contribution in [1.82, 2.24) is 0 Å². The molecule has 1 heterocycles. The molecule has 1 aromatic heterocycles. The fourth-order valence-corrected chi connectivity index (χ4v) is 2.42. The molecule has 0 unspecified atom stereocenters. The summed E-state index contributed by atoms with van der Waals surface area (Å²) in [6.45, 7) is 0. The van der Waals surface area contributed by atoms with Gasteiger partial charge in [0.15, 0.2) is 0 Å². The second-order valence-corrected chi connectivity index (χ2v) is 5.80. The Morgan fingerprint density at radius 1 is 1.00 bits per heavy atom. The van der Waals surface area contributed by atoms with Crippen LogP contribution in [0.3, 0.4) is 0 Å². The molecule has 2 aromatic carbocycles. The van der Waals surface area contributed by atoms with Crippen LogP contribution in [0.15, 0.2) is 69.6 Å². The van der Waals surface area contributed by atoms with Crippen molar-refractivity contribution in [3.8, 4) is 17.4 Å². The number of nitrogens with zero attached hydrogens (tertiary/aromatic N) is 1. The van der Waals surface area contributed by atoms with Gasteiger partial charge in [-0.15, -0.1) is 0 Å². The minimum atomic E-state index is -0.332. The lowest BCUT2D eigenvalue weighted by Crippen LogP contribution is -1.82. The standard InChI is InChI=1S/C19H11BrFNO/c20-16-5-1-14(2-6-16)19-10-9-18(23-19)11-15(12-22)13-3-7-17(21)8-4-13/h1-11H/b15-11-. The predicted octanol–water partition coefficient (Wildman–Crippen LogP) is 5.91. The van der Waals surface area contributed by atoms with E-state index in [4.69, 9.17) is 4.42 Å². The molecule has 3 rings (SSSR count). The molecule has 0 aliphatic heterocycles. The Hall–Kier alpha value is -2.64. The summed E-state index contributed by atoms with van der Waals surface area (Å²) in [5.74, 6) is 0.963. The molecule has 0 N–H and O–H groups in total. The minimum absolute atomic E-state index is 0.332. The summed E-state index contributed by atoms with van der Waals surface area (Å²) in [4.78, 5) is 0. The van der Waals surface area contributed by atoms with Crippen LogP contribution in [0, 0.1) is 17.1 Å². The Morgan fingerprint density at radius 3 is 2.35 bits per heavy atom. The molecule has 0 spiro atoms. The quantitative estimate of drug-likeness (QED) is 0.539. The Kier molecular flexibility index (Phi) is 4.40. The molecule has 3 aromatic rings. The SMILES string of the molecule is N#C/C(=C/c1ccc(-c2ccc(Br)cc2)o1)c1ccc(F)cc1. The van der Waals surface area contributed by atoms with Gasteiger partial charge in [-0.2, -0.15) is 5.26 Å². The highest BCUT2D eigenvalue weighted by atomic mass is 79.9. The van der Waals surface area contributed by atoms with Crippen LogP contribution in [-0.4, -0.2) is 0 Å². The van der Waals surface area contributed by atoms with Crippen molar-refractivity contribution in [3.63, 3.8) is 0 Å². The summed E-state index contributed by atoms with van der Waals surface area (Å²) < 4.78 is 19.7. The topological polar surface area (TPSA) is 36.9 Å². The third-order valence-electron chi connectivity index (χ3n) is 3.32. The Bertz CT molecular complexity index is 886. The molecule has 112 valence electrons. The first kappa shape index (κ1) is 15.3. The highest BCUT2D eigenvalue weighted by Crippen LogP contribution is 2.26. The zero-order chi connectivity index (χ0) is 16.2. The lowest BCUT2D eigenvalue weighted by molar-refractivity contribution is 0.572. The first-order valence-corrected chi connectivity index (χ1v) is 7.68. The largest absolute Gasteiger partial charge is 0.457 e. The van der Waals surface area contributed by atoms with Crippen LogP contribution in [0.2, 0.25) is 0 Å². The van der Waals surface area contributed by atoms with Crippen molar-refractivity contribution in [2.45, 2.75) is 0 Å². The molecular formula is C19H11BrFNO. The Morgan fingerprint density at radius 2 is 1.70 bits per heavy atom. The number of halogens is 2. The molecule has 23 heavy (non-hydrogen) atoms. The Labute approximate surface area is 141 Å². The van der Waals surface area contributed by atoms with Crippen molar-refractivity contribution in [2.75, 3.05) is 0 Å². The molecule has 0 aliphatic carbocycles. The van der Waals surface area contributed by atoms with Crippen molar-refractivity contribution in [2.24, 2.45) is 0 Å². The summed E-state index contributed by atoms with van der Waals surface area (Å²) in [6.07, 6.45) is 1.65. The smallest absolute Gasteiger partial charge is 0.134 e. The zero-order valence-corrected chi connectivity index (χ0v) is 13.5.